The SMILES string of the molecule is Cl.O=C(Nc1ccc(-c2ccccc2)cc1)c1cccnc1NCc1ccncc1. The van der Waals surface area contributed by atoms with Crippen molar-refractivity contribution in [2.24, 2.45) is 0 Å². The molecular weight excluding hydrogens is 396 g/mol. The fourth-order valence-corrected chi connectivity index (χ4v) is 2.99. The molecule has 150 valence electrons. The molecule has 0 spiro atoms. The van der Waals surface area contributed by atoms with E-state index in [2.05, 4.69) is 32.7 Å². The lowest BCUT2D eigenvalue weighted by Gasteiger charge is -2.11. The number of aromatic nitrogens is 2. The van der Waals surface area contributed by atoms with Gasteiger partial charge < -0.3 is 10.6 Å². The summed E-state index contributed by atoms with van der Waals surface area (Å²) in [6.07, 6.45) is 5.14. The molecule has 0 aliphatic carbocycles. The molecule has 4 aromatic rings. The zero-order chi connectivity index (χ0) is 19.9. The van der Waals surface area contributed by atoms with Crippen LogP contribution in [0.15, 0.2) is 97.5 Å². The van der Waals surface area contributed by atoms with Crippen molar-refractivity contribution in [1.29, 1.82) is 0 Å². The highest BCUT2D eigenvalue weighted by Crippen LogP contribution is 2.22. The highest BCUT2D eigenvalue weighted by molar-refractivity contribution is 6.07. The van der Waals surface area contributed by atoms with Crippen LogP contribution in [0.4, 0.5) is 11.5 Å². The molecule has 0 unspecified atom stereocenters. The summed E-state index contributed by atoms with van der Waals surface area (Å²) >= 11 is 0. The van der Waals surface area contributed by atoms with Gasteiger partial charge in [0.1, 0.15) is 5.82 Å². The van der Waals surface area contributed by atoms with Gasteiger partial charge in [0, 0.05) is 30.8 Å². The van der Waals surface area contributed by atoms with Crippen LogP contribution in [-0.4, -0.2) is 15.9 Å². The lowest BCUT2D eigenvalue weighted by atomic mass is 10.1. The normalized spacial score (nSPS) is 10.0. The minimum absolute atomic E-state index is 0. The third kappa shape index (κ3) is 5.21. The van der Waals surface area contributed by atoms with Gasteiger partial charge in [-0.25, -0.2) is 4.98 Å². The molecule has 2 aromatic carbocycles. The van der Waals surface area contributed by atoms with Crippen molar-refractivity contribution in [3.8, 4) is 11.1 Å². The number of nitrogens with one attached hydrogen (secondary N) is 2. The number of amides is 1. The van der Waals surface area contributed by atoms with Crippen molar-refractivity contribution in [2.45, 2.75) is 6.54 Å². The zero-order valence-electron chi connectivity index (χ0n) is 16.2. The summed E-state index contributed by atoms with van der Waals surface area (Å²) in [6, 6.07) is 25.3. The highest BCUT2D eigenvalue weighted by atomic mass is 35.5. The Labute approximate surface area is 181 Å². The summed E-state index contributed by atoms with van der Waals surface area (Å²) in [7, 11) is 0. The Bertz CT molecular complexity index is 1090. The van der Waals surface area contributed by atoms with Crippen LogP contribution in [0.1, 0.15) is 15.9 Å². The fraction of sp³-hybridized carbons (Fsp3) is 0.0417. The Morgan fingerprint density at radius 3 is 2.20 bits per heavy atom. The molecule has 0 atom stereocenters. The first-order chi connectivity index (χ1) is 14.3. The molecule has 2 heterocycles. The molecule has 6 heteroatoms. The Morgan fingerprint density at radius 1 is 0.767 bits per heavy atom. The van der Waals surface area contributed by atoms with Crippen molar-refractivity contribution in [1.82, 2.24) is 9.97 Å². The summed E-state index contributed by atoms with van der Waals surface area (Å²) in [5.41, 5.74) is 4.53. The van der Waals surface area contributed by atoms with E-state index in [9.17, 15) is 4.79 Å². The second-order valence-electron chi connectivity index (χ2n) is 6.51. The molecule has 4 rings (SSSR count). The molecule has 0 radical (unpaired) electrons. The highest BCUT2D eigenvalue weighted by Gasteiger charge is 2.12. The number of carbonyl (C=O) groups is 1. The average molecular weight is 417 g/mol. The van der Waals surface area contributed by atoms with Crippen LogP contribution >= 0.6 is 12.4 Å². The maximum atomic E-state index is 12.8. The number of anilines is 2. The molecule has 5 nitrogen and oxygen atoms in total. The average Bonchev–Trinajstić information content (AvgIpc) is 2.80. The van der Waals surface area contributed by atoms with Gasteiger partial charge in [0.2, 0.25) is 0 Å². The van der Waals surface area contributed by atoms with E-state index in [1.165, 1.54) is 0 Å². The van der Waals surface area contributed by atoms with Crippen LogP contribution in [-0.2, 0) is 6.54 Å². The predicted octanol–water partition coefficient (Wildman–Crippen LogP) is 5.43. The van der Waals surface area contributed by atoms with Gasteiger partial charge in [0.15, 0.2) is 0 Å². The second-order valence-corrected chi connectivity index (χ2v) is 6.51. The minimum Gasteiger partial charge on any atom is -0.365 e. The number of nitrogens with zero attached hydrogens (tertiary/aromatic N) is 2. The smallest absolute Gasteiger partial charge is 0.259 e. The van der Waals surface area contributed by atoms with E-state index < -0.39 is 0 Å². The topological polar surface area (TPSA) is 66.9 Å². The number of halogens is 1. The molecule has 0 saturated carbocycles. The van der Waals surface area contributed by atoms with E-state index in [1.54, 1.807) is 30.7 Å². The zero-order valence-corrected chi connectivity index (χ0v) is 17.0. The molecule has 2 N–H and O–H groups in total. The molecular formula is C24H21ClN4O. The van der Waals surface area contributed by atoms with Gasteiger partial charge in [-0.15, -0.1) is 12.4 Å². The van der Waals surface area contributed by atoms with E-state index in [1.807, 2.05) is 54.6 Å². The van der Waals surface area contributed by atoms with Crippen molar-refractivity contribution in [3.63, 3.8) is 0 Å². The van der Waals surface area contributed by atoms with Crippen LogP contribution in [0.5, 0.6) is 0 Å². The van der Waals surface area contributed by atoms with Gasteiger partial charge in [0.05, 0.1) is 5.56 Å². The summed E-state index contributed by atoms with van der Waals surface area (Å²) in [6.45, 7) is 0.561. The molecule has 30 heavy (non-hydrogen) atoms. The molecule has 0 saturated heterocycles. The maximum absolute atomic E-state index is 12.8. The number of rotatable bonds is 6. The molecule has 0 fully saturated rings. The van der Waals surface area contributed by atoms with Crippen LogP contribution in [0, 0.1) is 0 Å². The summed E-state index contributed by atoms with van der Waals surface area (Å²) in [5.74, 6) is 0.338. The standard InChI is InChI=1S/C24H20N4O.ClH/c29-24(28-21-10-8-20(9-11-21)19-5-2-1-3-6-19)22-7-4-14-26-23(22)27-17-18-12-15-25-16-13-18;/h1-16H,17H2,(H,26,27)(H,28,29);1H. The maximum Gasteiger partial charge on any atom is 0.259 e. The van der Waals surface area contributed by atoms with E-state index in [0.717, 1.165) is 22.4 Å². The Morgan fingerprint density at radius 2 is 1.47 bits per heavy atom. The van der Waals surface area contributed by atoms with Gasteiger partial charge in [0.25, 0.3) is 5.91 Å². The van der Waals surface area contributed by atoms with E-state index in [-0.39, 0.29) is 18.3 Å². The summed E-state index contributed by atoms with van der Waals surface area (Å²) in [4.78, 5) is 21.1. The number of carbonyl (C=O) groups excluding carboxylic acids is 1. The monoisotopic (exact) mass is 416 g/mol. The van der Waals surface area contributed by atoms with Gasteiger partial charge in [-0.3, -0.25) is 9.78 Å². The Balaban J connectivity index is 0.00000256. The number of benzene rings is 2. The van der Waals surface area contributed by atoms with Crippen LogP contribution < -0.4 is 10.6 Å². The van der Waals surface area contributed by atoms with E-state index in [4.69, 9.17) is 0 Å². The lowest BCUT2D eigenvalue weighted by Crippen LogP contribution is -2.15. The van der Waals surface area contributed by atoms with Crippen LogP contribution in [0.25, 0.3) is 11.1 Å². The molecule has 0 bridgehead atoms. The molecule has 0 aliphatic heterocycles. The fourth-order valence-electron chi connectivity index (χ4n) is 2.99. The van der Waals surface area contributed by atoms with Crippen LogP contribution in [0.3, 0.4) is 0 Å². The van der Waals surface area contributed by atoms with Crippen molar-refractivity contribution >= 4 is 29.8 Å². The number of hydrogen-bond donors (Lipinski definition) is 2. The summed E-state index contributed by atoms with van der Waals surface area (Å²) in [5, 5.41) is 6.17. The van der Waals surface area contributed by atoms with Crippen LogP contribution in [0.2, 0.25) is 0 Å². The number of pyridine rings is 2. The lowest BCUT2D eigenvalue weighted by molar-refractivity contribution is 0.102. The van der Waals surface area contributed by atoms with Crippen molar-refractivity contribution < 1.29 is 4.79 Å². The van der Waals surface area contributed by atoms with Gasteiger partial charge in [-0.2, -0.15) is 0 Å². The molecule has 1 amide bonds. The second kappa shape index (κ2) is 10.2. The minimum atomic E-state index is -0.206. The van der Waals surface area contributed by atoms with Crippen molar-refractivity contribution in [2.75, 3.05) is 10.6 Å². The van der Waals surface area contributed by atoms with E-state index in [0.29, 0.717) is 17.9 Å². The Kier molecular flexibility index (Phi) is 7.14. The third-order valence-electron chi connectivity index (χ3n) is 4.51. The first-order valence-corrected chi connectivity index (χ1v) is 9.34. The largest absolute Gasteiger partial charge is 0.365 e. The first kappa shape index (κ1) is 21.0. The first-order valence-electron chi connectivity index (χ1n) is 9.34. The quantitative estimate of drug-likeness (QED) is 0.439. The van der Waals surface area contributed by atoms with Crippen molar-refractivity contribution in [3.05, 3.63) is 109 Å². The molecule has 2 aromatic heterocycles. The summed E-state index contributed by atoms with van der Waals surface area (Å²) < 4.78 is 0. The predicted molar refractivity (Wildman–Crippen MR) is 123 cm³/mol. The van der Waals surface area contributed by atoms with Gasteiger partial charge >= 0.3 is 0 Å². The third-order valence-corrected chi connectivity index (χ3v) is 4.51. The molecule has 0 aliphatic rings. The van der Waals surface area contributed by atoms with Gasteiger partial charge in [-0.05, 0) is 53.1 Å². The number of hydrogen-bond acceptors (Lipinski definition) is 4. The van der Waals surface area contributed by atoms with Gasteiger partial charge in [-0.1, -0.05) is 42.5 Å². The van der Waals surface area contributed by atoms with E-state index >= 15 is 0 Å². The Hall–Kier alpha value is -3.70.